The molecule has 0 spiro atoms. The van der Waals surface area contributed by atoms with Gasteiger partial charge in [0.25, 0.3) is 5.91 Å². The van der Waals surface area contributed by atoms with Crippen LogP contribution in [0.4, 0.5) is 11.6 Å². The molecule has 3 heterocycles. The van der Waals surface area contributed by atoms with Crippen LogP contribution in [0, 0.1) is 20.8 Å². The van der Waals surface area contributed by atoms with Crippen molar-refractivity contribution >= 4 is 17.5 Å². The van der Waals surface area contributed by atoms with Crippen molar-refractivity contribution in [1.29, 1.82) is 0 Å². The van der Waals surface area contributed by atoms with E-state index < -0.39 is 0 Å². The normalized spacial score (nSPS) is 14.3. The Morgan fingerprint density at radius 1 is 1.11 bits per heavy atom. The lowest BCUT2D eigenvalue weighted by molar-refractivity contribution is 0.0954. The molecule has 8 heteroatoms. The van der Waals surface area contributed by atoms with Gasteiger partial charge in [-0.1, -0.05) is 0 Å². The van der Waals surface area contributed by atoms with E-state index in [9.17, 15) is 4.79 Å². The highest BCUT2D eigenvalue weighted by atomic mass is 16.1. The van der Waals surface area contributed by atoms with Crippen LogP contribution in [0.15, 0.2) is 6.07 Å². The molecule has 1 aliphatic heterocycles. The molecule has 0 saturated carbocycles. The minimum absolute atomic E-state index is 0.0900. The Morgan fingerprint density at radius 3 is 2.52 bits per heavy atom. The number of anilines is 2. The number of aromatic nitrogens is 4. The number of piperidine rings is 1. The van der Waals surface area contributed by atoms with Crippen molar-refractivity contribution in [3.63, 3.8) is 0 Å². The van der Waals surface area contributed by atoms with E-state index in [1.165, 1.54) is 19.3 Å². The number of hydrogen-bond acceptors (Lipinski definition) is 6. The Morgan fingerprint density at radius 2 is 1.85 bits per heavy atom. The van der Waals surface area contributed by atoms with Gasteiger partial charge in [0.05, 0.1) is 11.3 Å². The molecule has 146 valence electrons. The average molecular weight is 371 g/mol. The van der Waals surface area contributed by atoms with Crippen LogP contribution in [0.1, 0.15) is 46.8 Å². The predicted molar refractivity (Wildman–Crippen MR) is 106 cm³/mol. The lowest BCUT2D eigenvalue weighted by Crippen LogP contribution is -2.31. The molecule has 0 bridgehead atoms. The number of carbonyl (C=O) groups is 1. The zero-order chi connectivity index (χ0) is 19.4. The van der Waals surface area contributed by atoms with Crippen molar-refractivity contribution < 1.29 is 4.79 Å². The summed E-state index contributed by atoms with van der Waals surface area (Å²) in [6.45, 7) is 8.87. The van der Waals surface area contributed by atoms with Gasteiger partial charge in [0, 0.05) is 45.0 Å². The van der Waals surface area contributed by atoms with Gasteiger partial charge in [0.1, 0.15) is 17.5 Å². The van der Waals surface area contributed by atoms with Gasteiger partial charge < -0.3 is 15.5 Å². The van der Waals surface area contributed by atoms with Crippen LogP contribution in [0.25, 0.3) is 0 Å². The summed E-state index contributed by atoms with van der Waals surface area (Å²) in [5.41, 5.74) is 2.27. The summed E-state index contributed by atoms with van der Waals surface area (Å²) >= 11 is 0. The second-order valence-corrected chi connectivity index (χ2v) is 7.06. The molecule has 0 radical (unpaired) electrons. The number of amides is 1. The molecular weight excluding hydrogens is 342 g/mol. The van der Waals surface area contributed by atoms with Crippen LogP contribution >= 0.6 is 0 Å². The molecule has 2 aromatic rings. The molecule has 0 unspecified atom stereocenters. The first kappa shape index (κ1) is 19.1. The Hall–Kier alpha value is -2.64. The topological polar surface area (TPSA) is 88.0 Å². The molecule has 0 aliphatic carbocycles. The van der Waals surface area contributed by atoms with Crippen molar-refractivity contribution in [3.8, 4) is 0 Å². The van der Waals surface area contributed by atoms with Crippen LogP contribution in [0.5, 0.6) is 0 Å². The minimum atomic E-state index is -0.0900. The van der Waals surface area contributed by atoms with Gasteiger partial charge in [-0.3, -0.25) is 9.48 Å². The first-order valence-corrected chi connectivity index (χ1v) is 9.58. The standard InChI is InChI=1S/C19H29N7O/c1-13-18(14(2)25(4)24-13)19(27)21-9-8-20-16-12-17(23-15(3)22-16)26-10-6-5-7-11-26/h12H,5-11H2,1-4H3,(H,21,27)(H,20,22,23). The van der Waals surface area contributed by atoms with Crippen LogP contribution in [0.3, 0.4) is 0 Å². The van der Waals surface area contributed by atoms with E-state index in [2.05, 4.69) is 30.6 Å². The van der Waals surface area contributed by atoms with Crippen molar-refractivity contribution in [2.24, 2.45) is 7.05 Å². The van der Waals surface area contributed by atoms with Crippen LogP contribution < -0.4 is 15.5 Å². The summed E-state index contributed by atoms with van der Waals surface area (Å²) in [6, 6.07) is 2.00. The highest BCUT2D eigenvalue weighted by Crippen LogP contribution is 2.20. The number of aryl methyl sites for hydroxylation is 3. The molecule has 2 aromatic heterocycles. The van der Waals surface area contributed by atoms with Crippen molar-refractivity contribution in [1.82, 2.24) is 25.1 Å². The molecule has 1 fully saturated rings. The van der Waals surface area contributed by atoms with E-state index in [0.29, 0.717) is 18.7 Å². The number of nitrogens with one attached hydrogen (secondary N) is 2. The monoisotopic (exact) mass is 371 g/mol. The maximum atomic E-state index is 12.4. The van der Waals surface area contributed by atoms with Gasteiger partial charge >= 0.3 is 0 Å². The average Bonchev–Trinajstić information content (AvgIpc) is 2.91. The van der Waals surface area contributed by atoms with E-state index in [1.807, 2.05) is 33.9 Å². The summed E-state index contributed by atoms with van der Waals surface area (Å²) < 4.78 is 1.73. The third-order valence-electron chi connectivity index (χ3n) is 4.96. The number of hydrogen-bond donors (Lipinski definition) is 2. The molecule has 2 N–H and O–H groups in total. The number of carbonyl (C=O) groups excluding carboxylic acids is 1. The summed E-state index contributed by atoms with van der Waals surface area (Å²) in [6.07, 6.45) is 3.72. The van der Waals surface area contributed by atoms with Crippen molar-refractivity contribution in [2.45, 2.75) is 40.0 Å². The van der Waals surface area contributed by atoms with Gasteiger partial charge in [-0.25, -0.2) is 9.97 Å². The molecule has 1 saturated heterocycles. The van der Waals surface area contributed by atoms with Gasteiger partial charge in [-0.2, -0.15) is 5.10 Å². The van der Waals surface area contributed by atoms with E-state index in [4.69, 9.17) is 0 Å². The molecular formula is C19H29N7O. The van der Waals surface area contributed by atoms with E-state index in [-0.39, 0.29) is 5.91 Å². The minimum Gasteiger partial charge on any atom is -0.368 e. The van der Waals surface area contributed by atoms with Crippen LogP contribution in [-0.2, 0) is 7.05 Å². The zero-order valence-electron chi connectivity index (χ0n) is 16.7. The first-order valence-electron chi connectivity index (χ1n) is 9.58. The lowest BCUT2D eigenvalue weighted by Gasteiger charge is -2.28. The Balaban J connectivity index is 1.54. The smallest absolute Gasteiger partial charge is 0.255 e. The second kappa shape index (κ2) is 8.37. The van der Waals surface area contributed by atoms with Gasteiger partial charge in [-0.15, -0.1) is 0 Å². The maximum absolute atomic E-state index is 12.4. The van der Waals surface area contributed by atoms with Crippen molar-refractivity contribution in [3.05, 3.63) is 28.8 Å². The van der Waals surface area contributed by atoms with Crippen LogP contribution in [0.2, 0.25) is 0 Å². The van der Waals surface area contributed by atoms with E-state index in [0.717, 1.165) is 41.9 Å². The van der Waals surface area contributed by atoms with Gasteiger partial charge in [0.15, 0.2) is 0 Å². The quantitative estimate of drug-likeness (QED) is 0.755. The molecule has 1 aliphatic rings. The Bertz CT molecular complexity index is 809. The zero-order valence-corrected chi connectivity index (χ0v) is 16.7. The van der Waals surface area contributed by atoms with Gasteiger partial charge in [-0.05, 0) is 40.0 Å². The Kier molecular flexibility index (Phi) is 5.93. The molecule has 1 amide bonds. The molecule has 0 aromatic carbocycles. The van der Waals surface area contributed by atoms with Crippen molar-refractivity contribution in [2.75, 3.05) is 36.4 Å². The SMILES string of the molecule is Cc1nc(NCCNC(=O)c2c(C)nn(C)c2C)cc(N2CCCCC2)n1. The fourth-order valence-electron chi connectivity index (χ4n) is 3.48. The fourth-order valence-corrected chi connectivity index (χ4v) is 3.48. The molecule has 27 heavy (non-hydrogen) atoms. The molecule has 0 atom stereocenters. The predicted octanol–water partition coefficient (Wildman–Crippen LogP) is 1.97. The summed E-state index contributed by atoms with van der Waals surface area (Å²) in [7, 11) is 1.85. The summed E-state index contributed by atoms with van der Waals surface area (Å²) in [5.74, 6) is 2.44. The Labute approximate surface area is 160 Å². The number of rotatable bonds is 6. The summed E-state index contributed by atoms with van der Waals surface area (Å²) in [5, 5.41) is 10.5. The second-order valence-electron chi connectivity index (χ2n) is 7.06. The third kappa shape index (κ3) is 4.56. The molecule has 3 rings (SSSR count). The van der Waals surface area contributed by atoms with Gasteiger partial charge in [0.2, 0.25) is 0 Å². The summed E-state index contributed by atoms with van der Waals surface area (Å²) in [4.78, 5) is 23.8. The highest BCUT2D eigenvalue weighted by Gasteiger charge is 2.17. The highest BCUT2D eigenvalue weighted by molar-refractivity contribution is 5.96. The third-order valence-corrected chi connectivity index (χ3v) is 4.96. The molecule has 8 nitrogen and oxygen atoms in total. The largest absolute Gasteiger partial charge is 0.368 e. The maximum Gasteiger partial charge on any atom is 0.255 e. The fraction of sp³-hybridized carbons (Fsp3) is 0.579. The lowest BCUT2D eigenvalue weighted by atomic mass is 10.1. The van der Waals surface area contributed by atoms with E-state index in [1.54, 1.807) is 4.68 Å². The van der Waals surface area contributed by atoms with E-state index >= 15 is 0 Å². The number of nitrogens with zero attached hydrogens (tertiary/aromatic N) is 5. The first-order chi connectivity index (χ1) is 13.0. The van der Waals surface area contributed by atoms with Crippen LogP contribution in [-0.4, -0.2) is 51.8 Å².